The summed E-state index contributed by atoms with van der Waals surface area (Å²) in [7, 11) is -6.89. The fourth-order valence-corrected chi connectivity index (χ4v) is 4.57. The Kier molecular flexibility index (Phi) is 5.00. The molecule has 0 fully saturated rings. The van der Waals surface area contributed by atoms with Gasteiger partial charge in [-0.15, -0.1) is 0 Å². The van der Waals surface area contributed by atoms with Gasteiger partial charge in [0.15, 0.2) is 0 Å². The number of hydrogen-bond donors (Lipinski definition) is 1. The molecule has 0 saturated heterocycles. The van der Waals surface area contributed by atoms with Crippen LogP contribution < -0.4 is 4.72 Å². The Labute approximate surface area is 159 Å². The van der Waals surface area contributed by atoms with Gasteiger partial charge in [0, 0.05) is 12.1 Å². The molecule has 1 heterocycles. The average Bonchev–Trinajstić information content (AvgIpc) is 3.00. The molecular formula is C18H21N3O4S2. The summed E-state index contributed by atoms with van der Waals surface area (Å²) in [5.41, 5.74) is 3.74. The summed E-state index contributed by atoms with van der Waals surface area (Å²) in [5.74, 6) is 0. The number of aryl methyl sites for hydroxylation is 1. The fourth-order valence-electron chi connectivity index (χ4n) is 3.11. The van der Waals surface area contributed by atoms with E-state index in [1.165, 1.54) is 0 Å². The van der Waals surface area contributed by atoms with E-state index in [1.807, 2.05) is 31.2 Å². The van der Waals surface area contributed by atoms with Crippen molar-refractivity contribution in [1.82, 2.24) is 4.41 Å². The molecule has 0 saturated carbocycles. The van der Waals surface area contributed by atoms with Crippen LogP contribution >= 0.6 is 0 Å². The Morgan fingerprint density at radius 1 is 1.00 bits per heavy atom. The monoisotopic (exact) mass is 407 g/mol. The predicted octanol–water partition coefficient (Wildman–Crippen LogP) is 2.48. The molecule has 0 bridgehead atoms. The van der Waals surface area contributed by atoms with Crippen molar-refractivity contribution < 1.29 is 16.8 Å². The minimum absolute atomic E-state index is 0.398. The zero-order valence-electron chi connectivity index (χ0n) is 15.2. The van der Waals surface area contributed by atoms with Crippen molar-refractivity contribution in [3.05, 3.63) is 65.2 Å². The Hall–Kier alpha value is -2.39. The van der Waals surface area contributed by atoms with Crippen molar-refractivity contribution in [2.24, 2.45) is 5.10 Å². The van der Waals surface area contributed by atoms with E-state index in [0.717, 1.165) is 33.6 Å². The average molecular weight is 408 g/mol. The van der Waals surface area contributed by atoms with Crippen LogP contribution in [0.4, 0.5) is 5.69 Å². The maximum absolute atomic E-state index is 12.3. The molecule has 0 aromatic heterocycles. The van der Waals surface area contributed by atoms with E-state index in [2.05, 4.69) is 9.82 Å². The van der Waals surface area contributed by atoms with Gasteiger partial charge in [0.2, 0.25) is 20.0 Å². The van der Waals surface area contributed by atoms with Crippen LogP contribution in [0.25, 0.3) is 0 Å². The number of nitrogens with zero attached hydrogens (tertiary/aromatic N) is 2. The minimum Gasteiger partial charge on any atom is -0.284 e. The van der Waals surface area contributed by atoms with Gasteiger partial charge >= 0.3 is 0 Å². The molecule has 27 heavy (non-hydrogen) atoms. The zero-order chi connectivity index (χ0) is 19.8. The first-order chi connectivity index (χ1) is 12.5. The van der Waals surface area contributed by atoms with Crippen molar-refractivity contribution in [2.75, 3.05) is 17.2 Å². The molecule has 0 radical (unpaired) electrons. The third kappa shape index (κ3) is 4.48. The fraction of sp³-hybridized carbons (Fsp3) is 0.278. The second-order valence-electron chi connectivity index (χ2n) is 6.61. The molecule has 7 nitrogen and oxygen atoms in total. The van der Waals surface area contributed by atoms with Crippen molar-refractivity contribution >= 4 is 31.4 Å². The van der Waals surface area contributed by atoms with E-state index in [9.17, 15) is 16.8 Å². The molecule has 0 aliphatic carbocycles. The highest BCUT2D eigenvalue weighted by atomic mass is 32.2. The summed E-state index contributed by atoms with van der Waals surface area (Å²) >= 11 is 0. The Morgan fingerprint density at radius 2 is 1.63 bits per heavy atom. The number of nitrogens with one attached hydrogen (secondary N) is 1. The molecule has 1 aliphatic rings. The molecule has 1 atom stereocenters. The maximum atomic E-state index is 12.3. The highest BCUT2D eigenvalue weighted by molar-refractivity contribution is 7.92. The second kappa shape index (κ2) is 6.97. The summed E-state index contributed by atoms with van der Waals surface area (Å²) in [6.45, 7) is 1.94. The maximum Gasteiger partial charge on any atom is 0.247 e. The molecule has 2 aromatic carbocycles. The zero-order valence-corrected chi connectivity index (χ0v) is 16.9. The van der Waals surface area contributed by atoms with Gasteiger partial charge in [0.05, 0.1) is 24.3 Å². The predicted molar refractivity (Wildman–Crippen MR) is 107 cm³/mol. The first-order valence-corrected chi connectivity index (χ1v) is 12.0. The lowest BCUT2D eigenvalue weighted by Crippen LogP contribution is -2.26. The van der Waals surface area contributed by atoms with Gasteiger partial charge < -0.3 is 0 Å². The lowest BCUT2D eigenvalue weighted by Gasteiger charge is -2.22. The number of rotatable bonds is 5. The molecule has 3 rings (SSSR count). The van der Waals surface area contributed by atoms with Gasteiger partial charge in [-0.25, -0.2) is 16.8 Å². The van der Waals surface area contributed by atoms with Gasteiger partial charge in [0.25, 0.3) is 0 Å². The van der Waals surface area contributed by atoms with E-state index in [4.69, 9.17) is 0 Å². The highest BCUT2D eigenvalue weighted by Gasteiger charge is 2.35. The number of hydrogen-bond acceptors (Lipinski definition) is 5. The topological polar surface area (TPSA) is 95.9 Å². The van der Waals surface area contributed by atoms with Crippen molar-refractivity contribution in [3.8, 4) is 0 Å². The number of sulfonamides is 2. The molecule has 9 heteroatoms. The quantitative estimate of drug-likeness (QED) is 0.824. The normalized spacial score (nSPS) is 17.7. The summed E-state index contributed by atoms with van der Waals surface area (Å²) in [6, 6.07) is 14.0. The van der Waals surface area contributed by atoms with Crippen LogP contribution in [0, 0.1) is 6.92 Å². The minimum atomic E-state index is -3.54. The standard InChI is InChI=1S/C18H21N3O4S2/c1-13-6-4-5-7-16(13)18-12-17(19-21(18)27(3,24)25)14-8-10-15(11-9-14)20-26(2,22)23/h4-11,18,20H,12H2,1-3H3. The Morgan fingerprint density at radius 3 is 2.19 bits per heavy atom. The number of benzene rings is 2. The molecular weight excluding hydrogens is 386 g/mol. The SMILES string of the molecule is Cc1ccccc1C1CC(c2ccc(NS(C)(=O)=O)cc2)=NN1S(C)(=O)=O. The molecule has 1 unspecified atom stereocenters. The largest absolute Gasteiger partial charge is 0.284 e. The van der Waals surface area contributed by atoms with Crippen LogP contribution in [-0.2, 0) is 20.0 Å². The van der Waals surface area contributed by atoms with Gasteiger partial charge in [0.1, 0.15) is 0 Å². The van der Waals surface area contributed by atoms with Crippen LogP contribution in [0.1, 0.15) is 29.2 Å². The van der Waals surface area contributed by atoms with E-state index in [-0.39, 0.29) is 0 Å². The van der Waals surface area contributed by atoms with Crippen LogP contribution in [0.5, 0.6) is 0 Å². The first kappa shape index (κ1) is 19.4. The number of hydrazone groups is 1. The van der Waals surface area contributed by atoms with E-state index in [1.54, 1.807) is 24.3 Å². The lowest BCUT2D eigenvalue weighted by atomic mass is 9.96. The van der Waals surface area contributed by atoms with Crippen molar-refractivity contribution in [1.29, 1.82) is 0 Å². The van der Waals surface area contributed by atoms with Gasteiger partial charge in [-0.05, 0) is 35.7 Å². The van der Waals surface area contributed by atoms with Crippen LogP contribution in [0.15, 0.2) is 53.6 Å². The molecule has 1 aliphatic heterocycles. The molecule has 1 N–H and O–H groups in total. The summed E-state index contributed by atoms with van der Waals surface area (Å²) < 4.78 is 50.7. The molecule has 144 valence electrons. The third-order valence-corrected chi connectivity index (χ3v) is 5.90. The van der Waals surface area contributed by atoms with E-state index in [0.29, 0.717) is 17.8 Å². The smallest absolute Gasteiger partial charge is 0.247 e. The van der Waals surface area contributed by atoms with E-state index < -0.39 is 26.1 Å². The van der Waals surface area contributed by atoms with Gasteiger partial charge in [-0.3, -0.25) is 4.72 Å². The summed E-state index contributed by atoms with van der Waals surface area (Å²) in [5, 5.41) is 4.36. The summed E-state index contributed by atoms with van der Waals surface area (Å²) in [4.78, 5) is 0. The molecule has 2 aromatic rings. The summed E-state index contributed by atoms with van der Waals surface area (Å²) in [6.07, 6.45) is 2.67. The van der Waals surface area contributed by atoms with Gasteiger partial charge in [-0.2, -0.15) is 9.52 Å². The third-order valence-electron chi connectivity index (χ3n) is 4.28. The first-order valence-electron chi connectivity index (χ1n) is 8.25. The Bertz CT molecular complexity index is 1090. The molecule has 0 amide bonds. The molecule has 0 spiro atoms. The van der Waals surface area contributed by atoms with Crippen molar-refractivity contribution in [2.45, 2.75) is 19.4 Å². The van der Waals surface area contributed by atoms with Crippen LogP contribution in [-0.4, -0.2) is 39.5 Å². The van der Waals surface area contributed by atoms with Gasteiger partial charge in [-0.1, -0.05) is 36.4 Å². The van der Waals surface area contributed by atoms with Crippen molar-refractivity contribution in [3.63, 3.8) is 0 Å². The lowest BCUT2D eigenvalue weighted by molar-refractivity contribution is 0.374. The highest BCUT2D eigenvalue weighted by Crippen LogP contribution is 2.36. The van der Waals surface area contributed by atoms with E-state index >= 15 is 0 Å². The second-order valence-corrected chi connectivity index (χ2v) is 10.2. The Balaban J connectivity index is 1.94. The number of anilines is 1. The van der Waals surface area contributed by atoms with Crippen LogP contribution in [0.3, 0.4) is 0 Å². The van der Waals surface area contributed by atoms with Crippen LogP contribution in [0.2, 0.25) is 0 Å².